The van der Waals surface area contributed by atoms with Gasteiger partial charge in [0.15, 0.2) is 11.6 Å². The molecule has 0 aliphatic carbocycles. The molecule has 84 valence electrons. The lowest BCUT2D eigenvalue weighted by Gasteiger charge is -2.08. The fourth-order valence-electron chi connectivity index (χ4n) is 1.16. The van der Waals surface area contributed by atoms with Crippen molar-refractivity contribution in [1.82, 2.24) is 20.6 Å². The summed E-state index contributed by atoms with van der Waals surface area (Å²) < 4.78 is 25.9. The van der Waals surface area contributed by atoms with Crippen molar-refractivity contribution in [2.45, 2.75) is 6.54 Å². The molecule has 1 aromatic carbocycles. The molecule has 0 atom stereocenters. The van der Waals surface area contributed by atoms with E-state index in [9.17, 15) is 8.78 Å². The molecule has 8 heteroatoms. The lowest BCUT2D eigenvalue weighted by molar-refractivity contribution is 0.587. The van der Waals surface area contributed by atoms with Gasteiger partial charge in [-0.15, -0.1) is 10.2 Å². The van der Waals surface area contributed by atoms with Crippen LogP contribution in [0, 0.1) is 11.6 Å². The first-order chi connectivity index (χ1) is 7.66. The Kier molecular flexibility index (Phi) is 2.63. The number of hydrogen-bond donors (Lipinski definition) is 3. The molecule has 0 bridgehead atoms. The topological polar surface area (TPSA) is 92.5 Å². The molecule has 0 amide bonds. The summed E-state index contributed by atoms with van der Waals surface area (Å²) in [5, 5.41) is 15.6. The summed E-state index contributed by atoms with van der Waals surface area (Å²) in [7, 11) is 0. The minimum Gasteiger partial charge on any atom is -0.395 e. The van der Waals surface area contributed by atoms with Crippen LogP contribution in [0.25, 0.3) is 0 Å². The average molecular weight is 226 g/mol. The monoisotopic (exact) mass is 226 g/mol. The Balaban J connectivity index is 2.15. The Morgan fingerprint density at radius 2 is 2.19 bits per heavy atom. The molecule has 0 radical (unpaired) electrons. The predicted molar refractivity (Wildman–Crippen MR) is 52.3 cm³/mol. The third-order valence-corrected chi connectivity index (χ3v) is 1.92. The molecule has 0 unspecified atom stereocenters. The number of nitrogens with two attached hydrogens (primary N) is 1. The molecule has 16 heavy (non-hydrogen) atoms. The number of benzene rings is 1. The van der Waals surface area contributed by atoms with E-state index in [2.05, 4.69) is 25.9 Å². The molecule has 1 aromatic heterocycles. The maximum Gasteiger partial charge on any atom is 0.193 e. The van der Waals surface area contributed by atoms with Crippen molar-refractivity contribution < 1.29 is 8.78 Å². The first-order valence-corrected chi connectivity index (χ1v) is 4.37. The molecule has 0 aliphatic heterocycles. The summed E-state index contributed by atoms with van der Waals surface area (Å²) in [4.78, 5) is 0. The van der Waals surface area contributed by atoms with Gasteiger partial charge >= 0.3 is 0 Å². The van der Waals surface area contributed by atoms with Gasteiger partial charge in [-0.05, 0) is 6.07 Å². The normalized spacial score (nSPS) is 10.4. The summed E-state index contributed by atoms with van der Waals surface area (Å²) in [5.41, 5.74) is 5.43. The van der Waals surface area contributed by atoms with Crippen molar-refractivity contribution in [1.29, 1.82) is 0 Å². The summed E-state index contributed by atoms with van der Waals surface area (Å²) >= 11 is 0. The molecule has 4 N–H and O–H groups in total. The van der Waals surface area contributed by atoms with E-state index < -0.39 is 11.6 Å². The largest absolute Gasteiger partial charge is 0.395 e. The van der Waals surface area contributed by atoms with E-state index in [1.165, 1.54) is 0 Å². The lowest BCUT2D eigenvalue weighted by atomic mass is 10.2. The van der Waals surface area contributed by atoms with Crippen LogP contribution in [0.5, 0.6) is 0 Å². The van der Waals surface area contributed by atoms with Gasteiger partial charge in [0.25, 0.3) is 0 Å². The standard InChI is InChI=1S/C8H8F2N6/c9-4-1-5(10)8(11)6(2-4)12-3-7-13-15-16-14-7/h1-2,12H,3,11H2,(H,13,14,15,16). The number of aromatic nitrogens is 4. The van der Waals surface area contributed by atoms with Crippen LogP contribution < -0.4 is 11.1 Å². The second kappa shape index (κ2) is 4.09. The van der Waals surface area contributed by atoms with Crippen molar-refractivity contribution in [3.8, 4) is 0 Å². The zero-order valence-electron chi connectivity index (χ0n) is 8.04. The highest BCUT2D eigenvalue weighted by Gasteiger charge is 2.08. The van der Waals surface area contributed by atoms with Crippen LogP contribution in [-0.4, -0.2) is 20.6 Å². The number of H-pyrrole nitrogens is 1. The van der Waals surface area contributed by atoms with Crippen molar-refractivity contribution >= 4 is 11.4 Å². The zero-order chi connectivity index (χ0) is 11.5. The second-order valence-electron chi connectivity index (χ2n) is 3.03. The Morgan fingerprint density at radius 1 is 1.38 bits per heavy atom. The van der Waals surface area contributed by atoms with Gasteiger partial charge in [-0.3, -0.25) is 0 Å². The molecular weight excluding hydrogens is 218 g/mol. The molecule has 2 aromatic rings. The Hall–Kier alpha value is -2.25. The van der Waals surface area contributed by atoms with Gasteiger partial charge in [-0.2, -0.15) is 5.21 Å². The molecule has 0 saturated carbocycles. The lowest BCUT2D eigenvalue weighted by Crippen LogP contribution is -2.06. The molecule has 0 fully saturated rings. The smallest absolute Gasteiger partial charge is 0.193 e. The van der Waals surface area contributed by atoms with Crippen LogP contribution in [0.2, 0.25) is 0 Å². The van der Waals surface area contributed by atoms with Crippen LogP contribution in [0.1, 0.15) is 5.82 Å². The summed E-state index contributed by atoms with van der Waals surface area (Å²) in [6.45, 7) is 0.170. The number of rotatable bonds is 3. The first-order valence-electron chi connectivity index (χ1n) is 4.37. The molecule has 0 saturated heterocycles. The third kappa shape index (κ3) is 2.05. The molecule has 0 aliphatic rings. The number of tetrazole rings is 1. The van der Waals surface area contributed by atoms with Crippen LogP contribution in [0.15, 0.2) is 12.1 Å². The van der Waals surface area contributed by atoms with E-state index in [0.717, 1.165) is 12.1 Å². The van der Waals surface area contributed by atoms with Crippen molar-refractivity contribution in [3.05, 3.63) is 29.6 Å². The molecule has 6 nitrogen and oxygen atoms in total. The quantitative estimate of drug-likeness (QED) is 0.669. The van der Waals surface area contributed by atoms with E-state index >= 15 is 0 Å². The number of anilines is 2. The number of halogens is 2. The van der Waals surface area contributed by atoms with Crippen LogP contribution >= 0.6 is 0 Å². The Morgan fingerprint density at radius 3 is 2.88 bits per heavy atom. The van der Waals surface area contributed by atoms with Gasteiger partial charge < -0.3 is 11.1 Å². The van der Waals surface area contributed by atoms with E-state index in [-0.39, 0.29) is 17.9 Å². The van der Waals surface area contributed by atoms with E-state index in [4.69, 9.17) is 5.73 Å². The maximum absolute atomic E-state index is 13.1. The van der Waals surface area contributed by atoms with Crippen molar-refractivity contribution in [2.24, 2.45) is 0 Å². The summed E-state index contributed by atoms with van der Waals surface area (Å²) in [6.07, 6.45) is 0. The Bertz CT molecular complexity index is 484. The Labute approximate surface area is 88.8 Å². The van der Waals surface area contributed by atoms with Gasteiger partial charge in [0, 0.05) is 6.07 Å². The van der Waals surface area contributed by atoms with E-state index in [1.807, 2.05) is 0 Å². The highest BCUT2D eigenvalue weighted by molar-refractivity contribution is 5.66. The second-order valence-corrected chi connectivity index (χ2v) is 3.03. The molecule has 0 spiro atoms. The summed E-state index contributed by atoms with van der Waals surface area (Å²) in [5.74, 6) is -1.15. The number of hydrogen-bond acceptors (Lipinski definition) is 5. The predicted octanol–water partition coefficient (Wildman–Crippen LogP) is 0.672. The van der Waals surface area contributed by atoms with E-state index in [0.29, 0.717) is 5.82 Å². The SMILES string of the molecule is Nc1c(F)cc(F)cc1NCc1nn[nH]n1. The van der Waals surface area contributed by atoms with Gasteiger partial charge in [0.2, 0.25) is 0 Å². The van der Waals surface area contributed by atoms with Gasteiger partial charge in [-0.1, -0.05) is 5.21 Å². The average Bonchev–Trinajstić information content (AvgIpc) is 2.74. The summed E-state index contributed by atoms with van der Waals surface area (Å²) in [6, 6.07) is 1.81. The highest BCUT2D eigenvalue weighted by atomic mass is 19.1. The first kappa shape index (κ1) is 10.3. The number of nitrogens with one attached hydrogen (secondary N) is 2. The van der Waals surface area contributed by atoms with Gasteiger partial charge in [0.05, 0.1) is 17.9 Å². The number of nitrogen functional groups attached to an aromatic ring is 1. The third-order valence-electron chi connectivity index (χ3n) is 1.92. The van der Waals surface area contributed by atoms with Gasteiger partial charge in [0.1, 0.15) is 5.82 Å². The highest BCUT2D eigenvalue weighted by Crippen LogP contribution is 2.23. The van der Waals surface area contributed by atoms with Crippen molar-refractivity contribution in [2.75, 3.05) is 11.1 Å². The molecule has 2 rings (SSSR count). The van der Waals surface area contributed by atoms with Crippen LogP contribution in [-0.2, 0) is 6.54 Å². The van der Waals surface area contributed by atoms with E-state index in [1.54, 1.807) is 0 Å². The molecule has 1 heterocycles. The maximum atomic E-state index is 13.1. The number of nitrogens with zero attached hydrogens (tertiary/aromatic N) is 3. The fourth-order valence-corrected chi connectivity index (χ4v) is 1.16. The van der Waals surface area contributed by atoms with Crippen LogP contribution in [0.4, 0.5) is 20.2 Å². The minimum atomic E-state index is -0.810. The van der Waals surface area contributed by atoms with Crippen LogP contribution in [0.3, 0.4) is 0 Å². The fraction of sp³-hybridized carbons (Fsp3) is 0.125. The van der Waals surface area contributed by atoms with Gasteiger partial charge in [-0.25, -0.2) is 8.78 Å². The molecular formula is C8H8F2N6. The minimum absolute atomic E-state index is 0.148. The number of aromatic amines is 1. The van der Waals surface area contributed by atoms with Crippen molar-refractivity contribution in [3.63, 3.8) is 0 Å². The zero-order valence-corrected chi connectivity index (χ0v) is 8.04.